The fourth-order valence-corrected chi connectivity index (χ4v) is 0.204. The molecule has 1 rings (SSSR count). The van der Waals surface area contributed by atoms with Crippen molar-refractivity contribution in [3.63, 3.8) is 0 Å². The van der Waals surface area contributed by atoms with Crippen LogP contribution in [0.25, 0.3) is 0 Å². The molecule has 1 radical (unpaired) electrons. The van der Waals surface area contributed by atoms with Crippen molar-refractivity contribution >= 4 is 34.1 Å². The molecule has 5 heteroatoms. The van der Waals surface area contributed by atoms with Gasteiger partial charge in [0.15, 0.2) is 0 Å². The third-order valence-electron chi connectivity index (χ3n) is 0.816. The molecule has 0 nitrogen and oxygen atoms in total. The molecule has 1 fully saturated rings. The summed E-state index contributed by atoms with van der Waals surface area (Å²) in [7, 11) is 20.1. The zero-order valence-corrected chi connectivity index (χ0v) is 10.2. The molecule has 1 aliphatic carbocycles. The molecule has 0 aromatic rings. The van der Waals surface area contributed by atoms with Gasteiger partial charge < -0.3 is 0 Å². The quantitative estimate of drug-likeness (QED) is 0.628. The summed E-state index contributed by atoms with van der Waals surface area (Å²) in [5, 5.41) is 0. The van der Waals surface area contributed by atoms with E-state index in [2.05, 4.69) is 6.42 Å². The average Bonchev–Trinajstić information content (AvgIpc) is 1.12. The fourth-order valence-electron chi connectivity index (χ4n) is 0.204. The summed E-state index contributed by atoms with van der Waals surface area (Å²) in [6.45, 7) is 0. The van der Waals surface area contributed by atoms with Crippen molar-refractivity contribution in [2.75, 3.05) is 0 Å². The van der Waals surface area contributed by atoms with Crippen LogP contribution < -0.4 is 0 Å². The Morgan fingerprint density at radius 2 is 1.11 bits per heavy atom. The van der Waals surface area contributed by atoms with E-state index in [4.69, 9.17) is 34.1 Å². The number of hydrogen-bond acceptors (Lipinski definition) is 0. The third kappa shape index (κ3) is 17.8. The van der Waals surface area contributed by atoms with Gasteiger partial charge in [-0.3, -0.25) is 0 Å². The van der Waals surface area contributed by atoms with E-state index in [-0.39, 0.29) is 0 Å². The van der Waals surface area contributed by atoms with Crippen LogP contribution in [-0.4, -0.2) is 0 Å². The van der Waals surface area contributed by atoms with Gasteiger partial charge in [-0.25, -0.2) is 0 Å². The van der Waals surface area contributed by atoms with Crippen molar-refractivity contribution in [3.8, 4) is 0 Å². The Morgan fingerprint density at radius 3 is 1.11 bits per heavy atom. The van der Waals surface area contributed by atoms with Crippen molar-refractivity contribution in [3.05, 3.63) is 6.42 Å². The van der Waals surface area contributed by atoms with E-state index in [9.17, 15) is 0 Å². The summed E-state index contributed by atoms with van der Waals surface area (Å²) in [4.78, 5) is 0. The van der Waals surface area contributed by atoms with Gasteiger partial charge in [0.05, 0.1) is 0 Å². The molecule has 0 aromatic carbocycles. The molecule has 0 saturated heterocycles. The first-order chi connectivity index (χ1) is 4.00. The summed E-state index contributed by atoms with van der Waals surface area (Å²) >= 11 is -3.29. The third-order valence-corrected chi connectivity index (χ3v) is 0.816. The second-order valence-electron chi connectivity index (χ2n) is 1.65. The molecule has 0 spiro atoms. The standard InChI is InChI=1S/C4H7.4ClH.Zr/c1-2-4-3-1;;;;;/h1H,2-4H2;4*1H;/q;;;;;+4/p-4. The molecular formula is C4H7Cl4Zr. The van der Waals surface area contributed by atoms with Crippen LogP contribution >= 0.6 is 34.1 Å². The van der Waals surface area contributed by atoms with Gasteiger partial charge in [0, 0.05) is 0 Å². The minimum atomic E-state index is -3.29. The molecule has 1 saturated carbocycles. The molecule has 55 valence electrons. The molecule has 0 heterocycles. The van der Waals surface area contributed by atoms with Crippen LogP contribution in [0, 0.1) is 6.42 Å². The van der Waals surface area contributed by atoms with Crippen LogP contribution in [0.3, 0.4) is 0 Å². The van der Waals surface area contributed by atoms with Crippen LogP contribution in [0.4, 0.5) is 0 Å². The van der Waals surface area contributed by atoms with Gasteiger partial charge in [-0.05, 0) is 6.42 Å². The summed E-state index contributed by atoms with van der Waals surface area (Å²) in [6.07, 6.45) is 6.50. The monoisotopic (exact) mass is 285 g/mol. The maximum atomic E-state index is 5.04. The van der Waals surface area contributed by atoms with E-state index in [0.29, 0.717) is 0 Å². The molecule has 0 atom stereocenters. The molecule has 0 unspecified atom stereocenters. The molecule has 0 aliphatic heterocycles. The van der Waals surface area contributed by atoms with Crippen LogP contribution in [0.15, 0.2) is 0 Å². The Kier molecular flexibility index (Phi) is 6.95. The van der Waals surface area contributed by atoms with Gasteiger partial charge in [0.2, 0.25) is 0 Å². The Balaban J connectivity index is 0.000000144. The van der Waals surface area contributed by atoms with E-state index in [1.165, 1.54) is 19.3 Å². The normalized spacial score (nSPS) is 17.3. The summed E-state index contributed by atoms with van der Waals surface area (Å²) < 4.78 is 0. The number of rotatable bonds is 0. The van der Waals surface area contributed by atoms with E-state index in [1.54, 1.807) is 0 Å². The van der Waals surface area contributed by atoms with Gasteiger partial charge in [-0.1, -0.05) is 19.3 Å². The maximum absolute atomic E-state index is 5.04. The van der Waals surface area contributed by atoms with E-state index < -0.39 is 15.5 Å². The molecule has 0 bridgehead atoms. The van der Waals surface area contributed by atoms with E-state index >= 15 is 0 Å². The van der Waals surface area contributed by atoms with Crippen LogP contribution in [0.2, 0.25) is 0 Å². The molecule has 9 heavy (non-hydrogen) atoms. The first-order valence-electron chi connectivity index (χ1n) is 2.57. The summed E-state index contributed by atoms with van der Waals surface area (Å²) in [5.41, 5.74) is 0. The second-order valence-corrected chi connectivity index (χ2v) is 24.0. The molecule has 0 N–H and O–H groups in total. The first kappa shape index (κ1) is 11.0. The van der Waals surface area contributed by atoms with Gasteiger partial charge in [0.25, 0.3) is 0 Å². The van der Waals surface area contributed by atoms with Gasteiger partial charge >= 0.3 is 49.5 Å². The molecule has 0 amide bonds. The van der Waals surface area contributed by atoms with Crippen molar-refractivity contribution in [1.82, 2.24) is 0 Å². The van der Waals surface area contributed by atoms with Crippen LogP contribution in [-0.2, 0) is 15.5 Å². The Bertz CT molecular complexity index is 55.5. The zero-order chi connectivity index (χ0) is 7.33. The van der Waals surface area contributed by atoms with Crippen molar-refractivity contribution in [1.29, 1.82) is 0 Å². The molecular weight excluding hydrogens is 281 g/mol. The summed E-state index contributed by atoms with van der Waals surface area (Å²) in [5.74, 6) is 0. The average molecular weight is 288 g/mol. The SMILES string of the molecule is [CH]1CCC1.[Cl][Zr]([Cl])([Cl])[Cl]. The van der Waals surface area contributed by atoms with Crippen molar-refractivity contribution in [2.24, 2.45) is 0 Å². The predicted octanol–water partition coefficient (Wildman–Crippen LogP) is 4.13. The van der Waals surface area contributed by atoms with E-state index in [1.807, 2.05) is 0 Å². The van der Waals surface area contributed by atoms with Crippen LogP contribution in [0.5, 0.6) is 0 Å². The topological polar surface area (TPSA) is 0 Å². The molecule has 1 aliphatic rings. The molecule has 0 aromatic heterocycles. The number of hydrogen-bond donors (Lipinski definition) is 0. The van der Waals surface area contributed by atoms with E-state index in [0.717, 1.165) is 0 Å². The summed E-state index contributed by atoms with van der Waals surface area (Å²) in [6, 6.07) is 0. The Hall–Kier alpha value is 2.04. The Morgan fingerprint density at radius 1 is 1.00 bits per heavy atom. The number of halogens is 4. The Labute approximate surface area is 74.4 Å². The fraction of sp³-hybridized carbons (Fsp3) is 0.750. The van der Waals surface area contributed by atoms with Gasteiger partial charge in [0.1, 0.15) is 0 Å². The predicted molar refractivity (Wildman–Crippen MR) is 41.6 cm³/mol. The minimum absolute atomic E-state index is 1.38. The van der Waals surface area contributed by atoms with Crippen molar-refractivity contribution < 1.29 is 15.5 Å². The van der Waals surface area contributed by atoms with Gasteiger partial charge in [-0.15, -0.1) is 0 Å². The zero-order valence-electron chi connectivity index (χ0n) is 4.71. The van der Waals surface area contributed by atoms with Crippen LogP contribution in [0.1, 0.15) is 19.3 Å². The first-order valence-corrected chi connectivity index (χ1v) is 15.2. The van der Waals surface area contributed by atoms with Crippen molar-refractivity contribution in [2.45, 2.75) is 19.3 Å². The second kappa shape index (κ2) is 5.66. The van der Waals surface area contributed by atoms with Gasteiger partial charge in [-0.2, -0.15) is 0 Å².